The molecule has 70 valence electrons. The number of rotatable bonds is 1. The third kappa shape index (κ3) is 1.82. The number of H-pyrrole nitrogens is 1. The summed E-state index contributed by atoms with van der Waals surface area (Å²) in [5.74, 6) is 0. The molecule has 0 aliphatic heterocycles. The molecule has 0 aliphatic carbocycles. The van der Waals surface area contributed by atoms with Gasteiger partial charge in [0.15, 0.2) is 0 Å². The summed E-state index contributed by atoms with van der Waals surface area (Å²) in [4.78, 5) is 7.42. The van der Waals surface area contributed by atoms with E-state index in [4.69, 9.17) is 5.73 Å². The van der Waals surface area contributed by atoms with Crippen molar-refractivity contribution in [2.75, 3.05) is 0 Å². The van der Waals surface area contributed by atoms with E-state index in [2.05, 4.69) is 9.97 Å². The first-order valence-corrected chi connectivity index (χ1v) is 3.94. The summed E-state index contributed by atoms with van der Waals surface area (Å²) in [6, 6.07) is 4.05. The van der Waals surface area contributed by atoms with Gasteiger partial charge in [0.05, 0.1) is 0 Å². The van der Waals surface area contributed by atoms with Gasteiger partial charge in [-0.15, -0.1) is 12.4 Å². The van der Waals surface area contributed by atoms with Crippen molar-refractivity contribution in [3.63, 3.8) is 0 Å². The van der Waals surface area contributed by atoms with E-state index in [0.717, 1.165) is 22.3 Å². The molecule has 0 spiro atoms. The predicted octanol–water partition coefficient (Wildman–Crippen LogP) is 1.75. The minimum atomic E-state index is 0. The van der Waals surface area contributed by atoms with E-state index in [1.54, 1.807) is 0 Å². The average molecular weight is 198 g/mol. The van der Waals surface area contributed by atoms with Crippen LogP contribution in [0.2, 0.25) is 0 Å². The zero-order valence-corrected chi connectivity index (χ0v) is 8.19. The third-order valence-corrected chi connectivity index (χ3v) is 1.92. The number of hydrogen-bond donors (Lipinski definition) is 2. The Morgan fingerprint density at radius 2 is 2.23 bits per heavy atom. The molecule has 0 aromatic carbocycles. The summed E-state index contributed by atoms with van der Waals surface area (Å²) >= 11 is 0. The van der Waals surface area contributed by atoms with Crippen molar-refractivity contribution < 1.29 is 0 Å². The molecule has 4 heteroatoms. The molecule has 2 rings (SSSR count). The lowest BCUT2D eigenvalue weighted by Crippen LogP contribution is -1.94. The van der Waals surface area contributed by atoms with Crippen LogP contribution in [0.25, 0.3) is 10.9 Å². The summed E-state index contributed by atoms with van der Waals surface area (Å²) < 4.78 is 0. The van der Waals surface area contributed by atoms with Crippen LogP contribution in [-0.4, -0.2) is 9.97 Å². The van der Waals surface area contributed by atoms with Crippen LogP contribution in [0.4, 0.5) is 0 Å². The molecule has 0 bridgehead atoms. The topological polar surface area (TPSA) is 54.7 Å². The highest BCUT2D eigenvalue weighted by Gasteiger charge is 1.98. The lowest BCUT2D eigenvalue weighted by molar-refractivity contribution is 1.02. The molecule has 3 N–H and O–H groups in total. The maximum atomic E-state index is 5.50. The first-order chi connectivity index (χ1) is 5.79. The average Bonchev–Trinajstić information content (AvgIpc) is 2.46. The van der Waals surface area contributed by atoms with Crippen LogP contribution in [-0.2, 0) is 6.54 Å². The molecule has 13 heavy (non-hydrogen) atoms. The Morgan fingerprint density at radius 3 is 2.92 bits per heavy atom. The molecule has 0 saturated heterocycles. The fourth-order valence-electron chi connectivity index (χ4n) is 1.30. The number of aromatic amines is 1. The predicted molar refractivity (Wildman–Crippen MR) is 56.0 cm³/mol. The number of hydrogen-bond acceptors (Lipinski definition) is 2. The van der Waals surface area contributed by atoms with E-state index in [9.17, 15) is 0 Å². The number of aryl methyl sites for hydroxylation is 1. The van der Waals surface area contributed by atoms with Crippen molar-refractivity contribution in [3.05, 3.63) is 29.7 Å². The first kappa shape index (κ1) is 10.0. The SMILES string of the molecule is Cc1cc2[nH]c(CN)cc2cn1.Cl. The van der Waals surface area contributed by atoms with Gasteiger partial charge >= 0.3 is 0 Å². The Labute approximate surface area is 82.8 Å². The minimum Gasteiger partial charge on any atom is -0.357 e. The Balaban J connectivity index is 0.000000845. The largest absolute Gasteiger partial charge is 0.357 e. The lowest BCUT2D eigenvalue weighted by atomic mass is 10.3. The van der Waals surface area contributed by atoms with Gasteiger partial charge in [0.2, 0.25) is 0 Å². The molecule has 0 atom stereocenters. The zero-order chi connectivity index (χ0) is 8.55. The fourth-order valence-corrected chi connectivity index (χ4v) is 1.30. The second-order valence-electron chi connectivity index (χ2n) is 2.91. The van der Waals surface area contributed by atoms with E-state index in [0.29, 0.717) is 6.54 Å². The Kier molecular flexibility index (Phi) is 2.90. The number of pyridine rings is 1. The van der Waals surface area contributed by atoms with Gasteiger partial charge in [-0.25, -0.2) is 0 Å². The molecule has 0 radical (unpaired) electrons. The molecule has 0 fully saturated rings. The molecule has 3 nitrogen and oxygen atoms in total. The van der Waals surface area contributed by atoms with Gasteiger partial charge in [-0.3, -0.25) is 4.98 Å². The lowest BCUT2D eigenvalue weighted by Gasteiger charge is -1.90. The van der Waals surface area contributed by atoms with Crippen LogP contribution in [0.3, 0.4) is 0 Å². The Morgan fingerprint density at radius 1 is 1.46 bits per heavy atom. The fraction of sp³-hybridized carbons (Fsp3) is 0.222. The number of nitrogens with one attached hydrogen (secondary N) is 1. The minimum absolute atomic E-state index is 0. The van der Waals surface area contributed by atoms with Crippen LogP contribution < -0.4 is 5.73 Å². The van der Waals surface area contributed by atoms with E-state index in [1.165, 1.54) is 0 Å². The summed E-state index contributed by atoms with van der Waals surface area (Å²) in [5, 5.41) is 1.13. The Hall–Kier alpha value is -1.06. The van der Waals surface area contributed by atoms with E-state index in [-0.39, 0.29) is 12.4 Å². The molecule has 2 aromatic heterocycles. The van der Waals surface area contributed by atoms with Gasteiger partial charge in [0, 0.05) is 35.0 Å². The maximum Gasteiger partial charge on any atom is 0.0490 e. The summed E-state index contributed by atoms with van der Waals surface area (Å²) in [5.41, 5.74) is 8.69. The molecular formula is C9H12ClN3. The highest BCUT2D eigenvalue weighted by molar-refractivity contribution is 5.85. The van der Waals surface area contributed by atoms with Gasteiger partial charge in [-0.2, -0.15) is 0 Å². The monoisotopic (exact) mass is 197 g/mol. The molecular weight excluding hydrogens is 186 g/mol. The van der Waals surface area contributed by atoms with Crippen LogP contribution in [0.5, 0.6) is 0 Å². The molecule has 0 unspecified atom stereocenters. The van der Waals surface area contributed by atoms with E-state index in [1.807, 2.05) is 25.3 Å². The molecule has 0 amide bonds. The summed E-state index contributed by atoms with van der Waals surface area (Å²) in [7, 11) is 0. The van der Waals surface area contributed by atoms with Gasteiger partial charge in [0.25, 0.3) is 0 Å². The molecule has 2 heterocycles. The molecule has 0 saturated carbocycles. The van der Waals surface area contributed by atoms with E-state index >= 15 is 0 Å². The first-order valence-electron chi connectivity index (χ1n) is 3.94. The van der Waals surface area contributed by atoms with Crippen molar-refractivity contribution in [1.29, 1.82) is 0 Å². The van der Waals surface area contributed by atoms with Crippen LogP contribution in [0.15, 0.2) is 18.3 Å². The number of fused-ring (bicyclic) bond motifs is 1. The van der Waals surface area contributed by atoms with Gasteiger partial charge in [-0.1, -0.05) is 0 Å². The maximum absolute atomic E-state index is 5.50. The van der Waals surface area contributed by atoms with Crippen molar-refractivity contribution in [2.45, 2.75) is 13.5 Å². The van der Waals surface area contributed by atoms with Crippen LogP contribution in [0.1, 0.15) is 11.4 Å². The van der Waals surface area contributed by atoms with Crippen molar-refractivity contribution >= 4 is 23.3 Å². The number of halogens is 1. The summed E-state index contributed by atoms with van der Waals surface area (Å²) in [6.07, 6.45) is 1.86. The normalized spacial score (nSPS) is 10.0. The van der Waals surface area contributed by atoms with Crippen LogP contribution in [0, 0.1) is 6.92 Å². The van der Waals surface area contributed by atoms with Crippen molar-refractivity contribution in [2.24, 2.45) is 5.73 Å². The standard InChI is InChI=1S/C9H11N3.ClH/c1-6-2-9-7(5-11-6)3-8(4-10)12-9;/h2-3,5,12H,4,10H2,1H3;1H. The highest BCUT2D eigenvalue weighted by Crippen LogP contribution is 2.14. The molecule has 0 aliphatic rings. The van der Waals surface area contributed by atoms with E-state index < -0.39 is 0 Å². The summed E-state index contributed by atoms with van der Waals surface area (Å²) in [6.45, 7) is 2.52. The van der Waals surface area contributed by atoms with Crippen molar-refractivity contribution in [1.82, 2.24) is 9.97 Å². The number of aromatic nitrogens is 2. The van der Waals surface area contributed by atoms with Crippen LogP contribution >= 0.6 is 12.4 Å². The molecule has 2 aromatic rings. The smallest absolute Gasteiger partial charge is 0.0490 e. The Bertz CT molecular complexity index is 408. The van der Waals surface area contributed by atoms with Crippen molar-refractivity contribution in [3.8, 4) is 0 Å². The van der Waals surface area contributed by atoms with Gasteiger partial charge < -0.3 is 10.7 Å². The second-order valence-corrected chi connectivity index (χ2v) is 2.91. The van der Waals surface area contributed by atoms with Gasteiger partial charge in [0.1, 0.15) is 0 Å². The van der Waals surface area contributed by atoms with Gasteiger partial charge in [-0.05, 0) is 19.1 Å². The highest BCUT2D eigenvalue weighted by atomic mass is 35.5. The zero-order valence-electron chi connectivity index (χ0n) is 7.37. The third-order valence-electron chi connectivity index (χ3n) is 1.92. The second kappa shape index (κ2) is 3.77. The number of nitrogens with zero attached hydrogens (tertiary/aromatic N) is 1. The number of nitrogens with two attached hydrogens (primary N) is 1. The quantitative estimate of drug-likeness (QED) is 0.732.